The van der Waals surface area contributed by atoms with Gasteiger partial charge in [-0.05, 0) is 76.6 Å². The van der Waals surface area contributed by atoms with Crippen molar-refractivity contribution in [2.75, 3.05) is 13.1 Å². The molecule has 0 aliphatic heterocycles. The van der Waals surface area contributed by atoms with Crippen LogP contribution in [-0.2, 0) is 10.0 Å². The van der Waals surface area contributed by atoms with Crippen molar-refractivity contribution in [2.24, 2.45) is 0 Å². The van der Waals surface area contributed by atoms with E-state index in [-0.39, 0.29) is 18.0 Å². The molecular formula is C29H35NO3S. The van der Waals surface area contributed by atoms with Crippen molar-refractivity contribution >= 4 is 16.1 Å². The first kappa shape index (κ1) is 26.0. The van der Waals surface area contributed by atoms with Gasteiger partial charge in [0, 0.05) is 6.54 Å². The Balaban J connectivity index is 1.88. The average Bonchev–Trinajstić information content (AvgIpc) is 2.79. The van der Waals surface area contributed by atoms with Gasteiger partial charge in [-0.15, -0.1) is 0 Å². The molecule has 5 heteroatoms. The number of hydrogen-bond acceptors (Lipinski definition) is 3. The molecule has 1 N–H and O–H groups in total. The van der Waals surface area contributed by atoms with Crippen molar-refractivity contribution in [2.45, 2.75) is 63.9 Å². The van der Waals surface area contributed by atoms with Crippen molar-refractivity contribution in [1.29, 1.82) is 0 Å². The average molecular weight is 478 g/mol. The molecule has 0 bridgehead atoms. The Kier molecular flexibility index (Phi) is 8.54. The van der Waals surface area contributed by atoms with E-state index in [0.717, 1.165) is 41.5 Å². The molecule has 2 aromatic rings. The molecule has 0 spiro atoms. The molecule has 1 aliphatic rings. The van der Waals surface area contributed by atoms with Crippen LogP contribution in [0, 0.1) is 25.7 Å². The van der Waals surface area contributed by atoms with Crippen LogP contribution in [0.15, 0.2) is 70.6 Å². The molecule has 0 aromatic heterocycles. The molecule has 4 nitrogen and oxygen atoms in total. The third-order valence-corrected chi connectivity index (χ3v) is 7.92. The fourth-order valence-corrected chi connectivity index (χ4v) is 5.21. The highest BCUT2D eigenvalue weighted by Crippen LogP contribution is 2.34. The minimum absolute atomic E-state index is 0.0140. The summed E-state index contributed by atoms with van der Waals surface area (Å²) in [5, 5.41) is 11.4. The van der Waals surface area contributed by atoms with Gasteiger partial charge in [-0.3, -0.25) is 0 Å². The first-order valence-electron chi connectivity index (χ1n) is 11.8. The number of benzene rings is 2. The number of allylic oxidation sites excluding steroid dienone is 1. The Morgan fingerprint density at radius 2 is 1.65 bits per heavy atom. The summed E-state index contributed by atoms with van der Waals surface area (Å²) < 4.78 is 28.0. The monoisotopic (exact) mass is 477 g/mol. The van der Waals surface area contributed by atoms with Gasteiger partial charge in [0.15, 0.2) is 0 Å². The van der Waals surface area contributed by atoms with Gasteiger partial charge in [0.25, 0.3) is 0 Å². The Bertz CT molecular complexity index is 1210. The van der Waals surface area contributed by atoms with Crippen LogP contribution >= 0.6 is 0 Å². The maximum atomic E-state index is 13.3. The molecule has 180 valence electrons. The second kappa shape index (κ2) is 11.2. The van der Waals surface area contributed by atoms with Crippen molar-refractivity contribution < 1.29 is 13.5 Å². The highest BCUT2D eigenvalue weighted by molar-refractivity contribution is 7.89. The molecule has 2 aromatic carbocycles. The molecule has 1 unspecified atom stereocenters. The van der Waals surface area contributed by atoms with E-state index in [2.05, 4.69) is 24.0 Å². The predicted molar refractivity (Wildman–Crippen MR) is 140 cm³/mol. The summed E-state index contributed by atoms with van der Waals surface area (Å²) in [7, 11) is -3.71. The van der Waals surface area contributed by atoms with Crippen molar-refractivity contribution in [3.8, 4) is 11.8 Å². The SMILES string of the molecule is CC(C)=CCN(CC#CC1(O)CCCC/C1=C\c1ccc(C)cc1)S(=O)(=O)c1ccc(C)cc1. The maximum absolute atomic E-state index is 13.3. The Labute approximate surface area is 205 Å². The molecule has 0 heterocycles. The van der Waals surface area contributed by atoms with E-state index in [1.807, 2.05) is 52.0 Å². The lowest BCUT2D eigenvalue weighted by Gasteiger charge is -2.30. The molecule has 0 amide bonds. The number of nitrogens with zero attached hydrogens (tertiary/aromatic N) is 1. The first-order chi connectivity index (χ1) is 16.1. The fourth-order valence-electron chi connectivity index (χ4n) is 3.93. The second-order valence-corrected chi connectivity index (χ2v) is 11.3. The zero-order chi connectivity index (χ0) is 24.8. The van der Waals surface area contributed by atoms with Gasteiger partial charge in [0.05, 0.1) is 11.4 Å². The second-order valence-electron chi connectivity index (χ2n) is 9.34. The van der Waals surface area contributed by atoms with Gasteiger partial charge >= 0.3 is 0 Å². The van der Waals surface area contributed by atoms with Gasteiger partial charge in [-0.2, -0.15) is 4.31 Å². The molecule has 3 rings (SSSR count). The van der Waals surface area contributed by atoms with Crippen LogP contribution in [0.3, 0.4) is 0 Å². The lowest BCUT2D eigenvalue weighted by molar-refractivity contribution is 0.111. The standard InChI is InChI=1S/C29H35NO3S/c1-23(2)17-21-30(34(32,33)28-15-11-25(4)12-16-28)20-7-19-29(31)18-6-5-8-27(29)22-26-13-9-24(3)10-14-26/h9-17,22,31H,5-6,8,18,20-21H2,1-4H3/b27-22+. The lowest BCUT2D eigenvalue weighted by atomic mass is 9.79. The zero-order valence-corrected chi connectivity index (χ0v) is 21.5. The molecule has 1 aliphatic carbocycles. The normalized spacial score (nSPS) is 19.5. The number of hydrogen-bond donors (Lipinski definition) is 1. The van der Waals surface area contributed by atoms with E-state index < -0.39 is 15.6 Å². The minimum Gasteiger partial charge on any atom is -0.374 e. The van der Waals surface area contributed by atoms with E-state index in [1.165, 1.54) is 9.87 Å². The van der Waals surface area contributed by atoms with Crippen LogP contribution in [0.5, 0.6) is 0 Å². The summed E-state index contributed by atoms with van der Waals surface area (Å²) in [4.78, 5) is 0.249. The van der Waals surface area contributed by atoms with Gasteiger partial charge in [0.2, 0.25) is 10.0 Å². The van der Waals surface area contributed by atoms with Crippen molar-refractivity contribution in [1.82, 2.24) is 4.31 Å². The minimum atomic E-state index is -3.71. The van der Waals surface area contributed by atoms with Gasteiger partial charge < -0.3 is 5.11 Å². The van der Waals surface area contributed by atoms with Gasteiger partial charge in [-0.25, -0.2) is 8.42 Å². The van der Waals surface area contributed by atoms with Gasteiger partial charge in [-0.1, -0.05) is 77.1 Å². The Morgan fingerprint density at radius 3 is 2.26 bits per heavy atom. The summed E-state index contributed by atoms with van der Waals surface area (Å²) in [6, 6.07) is 15.0. The third-order valence-electron chi connectivity index (χ3n) is 6.10. The van der Waals surface area contributed by atoms with Crippen LogP contribution in [0.4, 0.5) is 0 Å². The molecule has 1 atom stereocenters. The summed E-state index contributed by atoms with van der Waals surface area (Å²) >= 11 is 0. The van der Waals surface area contributed by atoms with E-state index in [1.54, 1.807) is 24.3 Å². The van der Waals surface area contributed by atoms with E-state index in [9.17, 15) is 13.5 Å². The first-order valence-corrected chi connectivity index (χ1v) is 13.2. The fraction of sp³-hybridized carbons (Fsp3) is 0.379. The van der Waals surface area contributed by atoms with Crippen molar-refractivity contribution in [3.05, 3.63) is 82.4 Å². The van der Waals surface area contributed by atoms with Crippen molar-refractivity contribution in [3.63, 3.8) is 0 Å². The smallest absolute Gasteiger partial charge is 0.244 e. The Morgan fingerprint density at radius 1 is 1.03 bits per heavy atom. The van der Waals surface area contributed by atoms with Crippen LogP contribution < -0.4 is 0 Å². The molecule has 34 heavy (non-hydrogen) atoms. The largest absolute Gasteiger partial charge is 0.374 e. The molecule has 0 saturated heterocycles. The topological polar surface area (TPSA) is 57.6 Å². The zero-order valence-electron chi connectivity index (χ0n) is 20.6. The summed E-state index contributed by atoms with van der Waals surface area (Å²) in [5.74, 6) is 6.05. The van der Waals surface area contributed by atoms with Crippen LogP contribution in [-0.4, -0.2) is 36.5 Å². The quantitative estimate of drug-likeness (QED) is 0.432. The third kappa shape index (κ3) is 6.70. The van der Waals surface area contributed by atoms with E-state index in [0.29, 0.717) is 6.42 Å². The van der Waals surface area contributed by atoms with E-state index in [4.69, 9.17) is 0 Å². The van der Waals surface area contributed by atoms with Gasteiger partial charge in [0.1, 0.15) is 5.60 Å². The Hall–Kier alpha value is -2.65. The van der Waals surface area contributed by atoms with E-state index >= 15 is 0 Å². The highest BCUT2D eigenvalue weighted by atomic mass is 32.2. The number of sulfonamides is 1. The molecule has 1 fully saturated rings. The van der Waals surface area contributed by atoms with Crippen LogP contribution in [0.2, 0.25) is 0 Å². The predicted octanol–water partition coefficient (Wildman–Crippen LogP) is 5.65. The van der Waals surface area contributed by atoms with Crippen LogP contribution in [0.1, 0.15) is 56.2 Å². The summed E-state index contributed by atoms with van der Waals surface area (Å²) in [6.45, 7) is 8.10. The summed E-state index contributed by atoms with van der Waals surface area (Å²) in [6.07, 6.45) is 7.14. The summed E-state index contributed by atoms with van der Waals surface area (Å²) in [5.41, 5.74) is 3.92. The molecular weight excluding hydrogens is 442 g/mol. The molecule has 1 saturated carbocycles. The van der Waals surface area contributed by atoms with Crippen LogP contribution in [0.25, 0.3) is 6.08 Å². The number of aryl methyl sites for hydroxylation is 2. The lowest BCUT2D eigenvalue weighted by Crippen LogP contribution is -2.34. The molecule has 0 radical (unpaired) electrons. The highest BCUT2D eigenvalue weighted by Gasteiger charge is 2.32. The number of rotatable bonds is 6. The number of aliphatic hydroxyl groups is 1. The maximum Gasteiger partial charge on any atom is 0.244 e.